The molecule has 0 aromatic carbocycles. The number of nitrogens with one attached hydrogen (secondary N) is 2. The van der Waals surface area contributed by atoms with Crippen LogP contribution in [-0.2, 0) is 4.79 Å². The Bertz CT molecular complexity index is 233. The van der Waals surface area contributed by atoms with E-state index in [2.05, 4.69) is 36.4 Å². The molecule has 100 valence electrons. The van der Waals surface area contributed by atoms with Gasteiger partial charge in [0.1, 0.15) is 0 Å². The molecule has 0 aromatic rings. The monoisotopic (exact) mass is 241 g/mol. The molecular formula is C13H27N3O. The van der Waals surface area contributed by atoms with Crippen molar-refractivity contribution in [2.45, 2.75) is 39.2 Å². The summed E-state index contributed by atoms with van der Waals surface area (Å²) in [5.41, 5.74) is 0. The maximum absolute atomic E-state index is 11.9. The van der Waals surface area contributed by atoms with E-state index in [1.807, 2.05) is 0 Å². The van der Waals surface area contributed by atoms with Crippen LogP contribution in [0.4, 0.5) is 0 Å². The highest BCUT2D eigenvalue weighted by Crippen LogP contribution is 2.19. The molecule has 2 unspecified atom stereocenters. The Labute approximate surface area is 105 Å². The first-order valence-electron chi connectivity index (χ1n) is 6.87. The third-order valence-electron chi connectivity index (χ3n) is 3.74. The van der Waals surface area contributed by atoms with Crippen molar-refractivity contribution < 1.29 is 4.79 Å². The van der Waals surface area contributed by atoms with Gasteiger partial charge in [-0.05, 0) is 38.9 Å². The molecule has 1 amide bonds. The van der Waals surface area contributed by atoms with Gasteiger partial charge >= 0.3 is 0 Å². The average molecular weight is 241 g/mol. The fraction of sp³-hybridized carbons (Fsp3) is 0.923. The molecule has 4 nitrogen and oxygen atoms in total. The van der Waals surface area contributed by atoms with E-state index in [-0.39, 0.29) is 11.9 Å². The SMILES string of the molecule is CCC1CCNC(C(=O)NCCN(C)CC)C1. The number of amides is 1. The zero-order chi connectivity index (χ0) is 12.7. The minimum absolute atomic E-state index is 0.0284. The van der Waals surface area contributed by atoms with Gasteiger partial charge in [-0.3, -0.25) is 4.79 Å². The topological polar surface area (TPSA) is 44.4 Å². The molecule has 0 saturated carbocycles. The van der Waals surface area contributed by atoms with Crippen LogP contribution in [0.2, 0.25) is 0 Å². The lowest BCUT2D eigenvalue weighted by Gasteiger charge is -2.29. The van der Waals surface area contributed by atoms with Gasteiger partial charge in [-0.2, -0.15) is 0 Å². The van der Waals surface area contributed by atoms with Gasteiger partial charge in [0.2, 0.25) is 5.91 Å². The number of rotatable bonds is 6. The minimum atomic E-state index is 0.0284. The maximum atomic E-state index is 11.9. The molecule has 1 rings (SSSR count). The lowest BCUT2D eigenvalue weighted by atomic mass is 9.90. The van der Waals surface area contributed by atoms with Crippen molar-refractivity contribution in [3.63, 3.8) is 0 Å². The van der Waals surface area contributed by atoms with E-state index in [9.17, 15) is 4.79 Å². The number of likely N-dealkylation sites (N-methyl/N-ethyl adjacent to an activating group) is 1. The van der Waals surface area contributed by atoms with Crippen LogP contribution in [0.15, 0.2) is 0 Å². The van der Waals surface area contributed by atoms with Crippen molar-refractivity contribution in [1.82, 2.24) is 15.5 Å². The smallest absolute Gasteiger partial charge is 0.237 e. The Hall–Kier alpha value is -0.610. The number of nitrogens with zero attached hydrogens (tertiary/aromatic N) is 1. The first-order chi connectivity index (χ1) is 8.17. The zero-order valence-electron chi connectivity index (χ0n) is 11.5. The lowest BCUT2D eigenvalue weighted by Crippen LogP contribution is -2.49. The summed E-state index contributed by atoms with van der Waals surface area (Å²) in [5, 5.41) is 6.33. The van der Waals surface area contributed by atoms with Crippen LogP contribution in [0.1, 0.15) is 33.1 Å². The molecule has 0 spiro atoms. The van der Waals surface area contributed by atoms with Gasteiger partial charge in [0, 0.05) is 13.1 Å². The molecule has 1 aliphatic heterocycles. The highest BCUT2D eigenvalue weighted by Gasteiger charge is 2.25. The first-order valence-corrected chi connectivity index (χ1v) is 6.87. The van der Waals surface area contributed by atoms with E-state index < -0.39 is 0 Å². The molecule has 1 aliphatic rings. The molecular weight excluding hydrogens is 214 g/mol. The van der Waals surface area contributed by atoms with Crippen LogP contribution in [0, 0.1) is 5.92 Å². The molecule has 1 heterocycles. The van der Waals surface area contributed by atoms with Gasteiger partial charge in [-0.1, -0.05) is 20.3 Å². The molecule has 2 N–H and O–H groups in total. The van der Waals surface area contributed by atoms with Crippen LogP contribution >= 0.6 is 0 Å². The number of carbonyl (C=O) groups excluding carboxylic acids is 1. The minimum Gasteiger partial charge on any atom is -0.353 e. The summed E-state index contributed by atoms with van der Waals surface area (Å²) in [6.45, 7) is 8.00. The average Bonchev–Trinajstić information content (AvgIpc) is 2.38. The second-order valence-electron chi connectivity index (χ2n) is 4.99. The number of piperidine rings is 1. The molecule has 2 atom stereocenters. The highest BCUT2D eigenvalue weighted by molar-refractivity contribution is 5.81. The molecule has 0 bridgehead atoms. The third-order valence-corrected chi connectivity index (χ3v) is 3.74. The highest BCUT2D eigenvalue weighted by atomic mass is 16.2. The molecule has 0 aliphatic carbocycles. The predicted molar refractivity (Wildman–Crippen MR) is 71.0 cm³/mol. The van der Waals surface area contributed by atoms with Crippen molar-refractivity contribution in [3.05, 3.63) is 0 Å². The van der Waals surface area contributed by atoms with Crippen molar-refractivity contribution in [3.8, 4) is 0 Å². The number of hydrogen-bond acceptors (Lipinski definition) is 3. The molecule has 0 radical (unpaired) electrons. The second-order valence-corrected chi connectivity index (χ2v) is 4.99. The fourth-order valence-corrected chi connectivity index (χ4v) is 2.22. The van der Waals surface area contributed by atoms with Gasteiger partial charge in [-0.15, -0.1) is 0 Å². The van der Waals surface area contributed by atoms with Crippen molar-refractivity contribution >= 4 is 5.91 Å². The second kappa shape index (κ2) is 7.67. The third kappa shape index (κ3) is 5.04. The largest absolute Gasteiger partial charge is 0.353 e. The van der Waals surface area contributed by atoms with E-state index in [1.165, 1.54) is 12.8 Å². The standard InChI is InChI=1S/C13H27N3O/c1-4-11-6-7-14-12(10-11)13(17)15-8-9-16(3)5-2/h11-12,14H,4-10H2,1-3H3,(H,15,17). The van der Waals surface area contributed by atoms with Crippen molar-refractivity contribution in [1.29, 1.82) is 0 Å². The molecule has 4 heteroatoms. The first kappa shape index (κ1) is 14.5. The molecule has 1 saturated heterocycles. The Morgan fingerprint density at radius 2 is 2.24 bits per heavy atom. The normalized spacial score (nSPS) is 24.9. The molecule has 1 fully saturated rings. The summed E-state index contributed by atoms with van der Waals surface area (Å²) >= 11 is 0. The van der Waals surface area contributed by atoms with Crippen molar-refractivity contribution in [2.75, 3.05) is 33.2 Å². The van der Waals surface area contributed by atoms with E-state index in [0.29, 0.717) is 5.92 Å². The lowest BCUT2D eigenvalue weighted by molar-refractivity contribution is -0.124. The molecule has 17 heavy (non-hydrogen) atoms. The molecule has 0 aromatic heterocycles. The summed E-state index contributed by atoms with van der Waals surface area (Å²) in [6, 6.07) is 0.0284. The van der Waals surface area contributed by atoms with Crippen LogP contribution in [0.3, 0.4) is 0 Å². The number of hydrogen-bond donors (Lipinski definition) is 2. The quantitative estimate of drug-likeness (QED) is 0.724. The Morgan fingerprint density at radius 3 is 2.88 bits per heavy atom. The van der Waals surface area contributed by atoms with E-state index in [1.54, 1.807) is 0 Å². The van der Waals surface area contributed by atoms with E-state index in [4.69, 9.17) is 0 Å². The van der Waals surface area contributed by atoms with Gasteiger partial charge in [-0.25, -0.2) is 0 Å². The van der Waals surface area contributed by atoms with Crippen LogP contribution < -0.4 is 10.6 Å². The van der Waals surface area contributed by atoms with E-state index in [0.717, 1.165) is 32.6 Å². The van der Waals surface area contributed by atoms with Crippen LogP contribution in [-0.4, -0.2) is 50.1 Å². The van der Waals surface area contributed by atoms with Gasteiger partial charge in [0.05, 0.1) is 6.04 Å². The predicted octanol–water partition coefficient (Wildman–Crippen LogP) is 0.833. The fourth-order valence-electron chi connectivity index (χ4n) is 2.22. The summed E-state index contributed by atoms with van der Waals surface area (Å²) in [5.74, 6) is 0.887. The maximum Gasteiger partial charge on any atom is 0.237 e. The Balaban J connectivity index is 2.22. The summed E-state index contributed by atoms with van der Waals surface area (Å²) in [6.07, 6.45) is 3.38. The Kier molecular flexibility index (Phi) is 6.52. The van der Waals surface area contributed by atoms with Gasteiger partial charge in [0.15, 0.2) is 0 Å². The van der Waals surface area contributed by atoms with Crippen molar-refractivity contribution in [2.24, 2.45) is 5.92 Å². The summed E-state index contributed by atoms with van der Waals surface area (Å²) in [4.78, 5) is 14.1. The Morgan fingerprint density at radius 1 is 1.47 bits per heavy atom. The number of carbonyl (C=O) groups is 1. The van der Waals surface area contributed by atoms with Crippen LogP contribution in [0.25, 0.3) is 0 Å². The van der Waals surface area contributed by atoms with Gasteiger partial charge in [0.25, 0.3) is 0 Å². The van der Waals surface area contributed by atoms with Gasteiger partial charge < -0.3 is 15.5 Å². The van der Waals surface area contributed by atoms with Crippen LogP contribution in [0.5, 0.6) is 0 Å². The van der Waals surface area contributed by atoms with E-state index >= 15 is 0 Å². The summed E-state index contributed by atoms with van der Waals surface area (Å²) < 4.78 is 0. The summed E-state index contributed by atoms with van der Waals surface area (Å²) in [7, 11) is 2.07. The zero-order valence-corrected chi connectivity index (χ0v) is 11.5.